The molecule has 106 valence electrons. The van der Waals surface area contributed by atoms with E-state index in [1.165, 1.54) is 24.0 Å². The van der Waals surface area contributed by atoms with E-state index in [0.29, 0.717) is 6.04 Å². The molecule has 0 saturated heterocycles. The molecule has 1 fully saturated rings. The lowest BCUT2D eigenvalue weighted by Gasteiger charge is -2.22. The van der Waals surface area contributed by atoms with Crippen LogP contribution in [0.3, 0.4) is 0 Å². The van der Waals surface area contributed by atoms with Crippen LogP contribution in [0.4, 0.5) is 0 Å². The zero-order chi connectivity index (χ0) is 13.8. The second-order valence-electron chi connectivity index (χ2n) is 5.06. The lowest BCUT2D eigenvalue weighted by atomic mass is 10.1. The van der Waals surface area contributed by atoms with Crippen LogP contribution in [0.1, 0.15) is 24.0 Å². The number of methoxy groups -OCH3 is 2. The maximum absolute atomic E-state index is 9.16. The van der Waals surface area contributed by atoms with Gasteiger partial charge < -0.3 is 14.6 Å². The fourth-order valence-corrected chi connectivity index (χ4v) is 2.37. The van der Waals surface area contributed by atoms with E-state index in [0.717, 1.165) is 24.6 Å². The third-order valence-electron chi connectivity index (χ3n) is 3.67. The first kappa shape index (κ1) is 14.2. The summed E-state index contributed by atoms with van der Waals surface area (Å²) in [7, 11) is 3.31. The minimum absolute atomic E-state index is 0.211. The van der Waals surface area contributed by atoms with Crippen molar-refractivity contribution in [1.82, 2.24) is 4.90 Å². The normalized spacial score (nSPS) is 14.8. The molecule has 1 saturated carbocycles. The van der Waals surface area contributed by atoms with E-state index in [1.54, 1.807) is 14.2 Å². The van der Waals surface area contributed by atoms with E-state index in [2.05, 4.69) is 11.8 Å². The number of hydrogen-bond acceptors (Lipinski definition) is 4. The Kier molecular flexibility index (Phi) is 4.66. The van der Waals surface area contributed by atoms with Crippen LogP contribution in [0.2, 0.25) is 0 Å². The summed E-state index contributed by atoms with van der Waals surface area (Å²) >= 11 is 0. The fraction of sp³-hybridized carbons (Fsp3) is 0.600. The van der Waals surface area contributed by atoms with E-state index in [1.807, 2.05) is 12.1 Å². The Labute approximate surface area is 114 Å². The van der Waals surface area contributed by atoms with Crippen molar-refractivity contribution in [3.05, 3.63) is 23.3 Å². The molecule has 1 aliphatic carbocycles. The molecule has 0 spiro atoms. The molecular formula is C15H23NO3. The summed E-state index contributed by atoms with van der Waals surface area (Å²) in [6.45, 7) is 3.89. The molecule has 0 aromatic heterocycles. The van der Waals surface area contributed by atoms with Gasteiger partial charge in [0.1, 0.15) is 0 Å². The molecule has 0 atom stereocenters. The molecule has 4 nitrogen and oxygen atoms in total. The molecule has 1 N–H and O–H groups in total. The predicted octanol–water partition coefficient (Wildman–Crippen LogP) is 1.97. The fourth-order valence-electron chi connectivity index (χ4n) is 2.37. The lowest BCUT2D eigenvalue weighted by Crippen LogP contribution is -2.28. The van der Waals surface area contributed by atoms with Crippen molar-refractivity contribution in [2.75, 3.05) is 27.4 Å². The molecule has 1 aromatic rings. The summed E-state index contributed by atoms with van der Waals surface area (Å²) in [5.74, 6) is 1.53. The van der Waals surface area contributed by atoms with Crippen molar-refractivity contribution in [1.29, 1.82) is 0 Å². The van der Waals surface area contributed by atoms with Gasteiger partial charge in [-0.25, -0.2) is 0 Å². The van der Waals surface area contributed by atoms with Crippen LogP contribution in [0, 0.1) is 6.92 Å². The molecule has 2 rings (SSSR count). The molecular weight excluding hydrogens is 242 g/mol. The summed E-state index contributed by atoms with van der Waals surface area (Å²) in [4.78, 5) is 2.34. The molecule has 4 heteroatoms. The summed E-state index contributed by atoms with van der Waals surface area (Å²) in [5, 5.41) is 9.16. The first-order chi connectivity index (χ1) is 9.19. The van der Waals surface area contributed by atoms with Gasteiger partial charge in [-0.1, -0.05) is 0 Å². The third-order valence-corrected chi connectivity index (χ3v) is 3.67. The Balaban J connectivity index is 2.18. The van der Waals surface area contributed by atoms with Crippen molar-refractivity contribution in [2.24, 2.45) is 0 Å². The largest absolute Gasteiger partial charge is 0.493 e. The van der Waals surface area contributed by atoms with Gasteiger partial charge in [-0.2, -0.15) is 0 Å². The highest BCUT2D eigenvalue weighted by molar-refractivity contribution is 5.47. The highest BCUT2D eigenvalue weighted by atomic mass is 16.5. The number of aliphatic hydroxyl groups excluding tert-OH is 1. The monoisotopic (exact) mass is 265 g/mol. The highest BCUT2D eigenvalue weighted by Gasteiger charge is 2.28. The standard InChI is InChI=1S/C15H23NO3/c1-11-8-14(18-2)15(19-3)9-12(11)10-16(6-7-17)13-4-5-13/h8-9,13,17H,4-7,10H2,1-3H3. The Hall–Kier alpha value is -1.26. The van der Waals surface area contributed by atoms with Gasteiger partial charge in [-0.15, -0.1) is 0 Å². The molecule has 0 aliphatic heterocycles. The van der Waals surface area contributed by atoms with Gasteiger partial charge in [-0.3, -0.25) is 4.90 Å². The molecule has 1 aliphatic rings. The molecule has 0 radical (unpaired) electrons. The average molecular weight is 265 g/mol. The van der Waals surface area contributed by atoms with Crippen molar-refractivity contribution < 1.29 is 14.6 Å². The summed E-state index contributed by atoms with van der Waals surface area (Å²) in [6.07, 6.45) is 2.48. The Morgan fingerprint density at radius 2 is 1.84 bits per heavy atom. The number of hydrogen-bond donors (Lipinski definition) is 1. The topological polar surface area (TPSA) is 41.9 Å². The summed E-state index contributed by atoms with van der Waals surface area (Å²) < 4.78 is 10.7. The first-order valence-electron chi connectivity index (χ1n) is 6.76. The molecule has 0 amide bonds. The SMILES string of the molecule is COc1cc(C)c(CN(CCO)C2CC2)cc1OC. The van der Waals surface area contributed by atoms with Crippen LogP contribution in [0.5, 0.6) is 11.5 Å². The van der Waals surface area contributed by atoms with Crippen molar-refractivity contribution in [2.45, 2.75) is 32.4 Å². The Morgan fingerprint density at radius 3 is 2.37 bits per heavy atom. The molecule has 0 heterocycles. The minimum atomic E-state index is 0.211. The zero-order valence-corrected chi connectivity index (χ0v) is 12.0. The van der Waals surface area contributed by atoms with E-state index < -0.39 is 0 Å². The number of ether oxygens (including phenoxy) is 2. The maximum Gasteiger partial charge on any atom is 0.161 e. The van der Waals surface area contributed by atoms with Crippen LogP contribution >= 0.6 is 0 Å². The second-order valence-corrected chi connectivity index (χ2v) is 5.06. The Morgan fingerprint density at radius 1 is 1.21 bits per heavy atom. The molecule has 0 unspecified atom stereocenters. The second kappa shape index (κ2) is 6.26. The molecule has 0 bridgehead atoms. The number of rotatable bonds is 7. The van der Waals surface area contributed by atoms with Gasteiger partial charge in [0, 0.05) is 19.1 Å². The third kappa shape index (κ3) is 3.39. The highest BCUT2D eigenvalue weighted by Crippen LogP contribution is 2.33. The lowest BCUT2D eigenvalue weighted by molar-refractivity contribution is 0.183. The number of nitrogens with zero attached hydrogens (tertiary/aromatic N) is 1. The van der Waals surface area contributed by atoms with Gasteiger partial charge in [0.05, 0.1) is 20.8 Å². The van der Waals surface area contributed by atoms with Gasteiger partial charge in [0.25, 0.3) is 0 Å². The van der Waals surface area contributed by atoms with Crippen LogP contribution in [0.15, 0.2) is 12.1 Å². The van der Waals surface area contributed by atoms with Crippen LogP contribution < -0.4 is 9.47 Å². The van der Waals surface area contributed by atoms with Gasteiger partial charge in [-0.05, 0) is 43.0 Å². The van der Waals surface area contributed by atoms with E-state index in [9.17, 15) is 0 Å². The zero-order valence-electron chi connectivity index (χ0n) is 12.0. The van der Waals surface area contributed by atoms with Crippen LogP contribution in [0.25, 0.3) is 0 Å². The summed E-state index contributed by atoms with van der Waals surface area (Å²) in [6, 6.07) is 4.69. The number of benzene rings is 1. The Bertz CT molecular complexity index is 430. The van der Waals surface area contributed by atoms with E-state index >= 15 is 0 Å². The molecule has 1 aromatic carbocycles. The van der Waals surface area contributed by atoms with Crippen LogP contribution in [-0.4, -0.2) is 43.4 Å². The number of aryl methyl sites for hydroxylation is 1. The van der Waals surface area contributed by atoms with E-state index in [-0.39, 0.29) is 6.61 Å². The van der Waals surface area contributed by atoms with Gasteiger partial charge in [0.2, 0.25) is 0 Å². The molecule has 19 heavy (non-hydrogen) atoms. The number of aliphatic hydroxyl groups is 1. The van der Waals surface area contributed by atoms with Gasteiger partial charge in [0.15, 0.2) is 11.5 Å². The first-order valence-corrected chi connectivity index (χ1v) is 6.76. The predicted molar refractivity (Wildman–Crippen MR) is 74.8 cm³/mol. The maximum atomic E-state index is 9.16. The van der Waals surface area contributed by atoms with Crippen molar-refractivity contribution in [3.63, 3.8) is 0 Å². The smallest absolute Gasteiger partial charge is 0.161 e. The minimum Gasteiger partial charge on any atom is -0.493 e. The summed E-state index contributed by atoms with van der Waals surface area (Å²) in [5.41, 5.74) is 2.43. The van der Waals surface area contributed by atoms with Crippen LogP contribution in [-0.2, 0) is 6.54 Å². The van der Waals surface area contributed by atoms with Crippen molar-refractivity contribution >= 4 is 0 Å². The van der Waals surface area contributed by atoms with Crippen molar-refractivity contribution in [3.8, 4) is 11.5 Å². The average Bonchev–Trinajstić information content (AvgIpc) is 3.24. The van der Waals surface area contributed by atoms with E-state index in [4.69, 9.17) is 14.6 Å². The van der Waals surface area contributed by atoms with Gasteiger partial charge >= 0.3 is 0 Å². The quantitative estimate of drug-likeness (QED) is 0.818.